The van der Waals surface area contributed by atoms with Gasteiger partial charge in [-0.3, -0.25) is 0 Å². The van der Waals surface area contributed by atoms with Gasteiger partial charge in [0.1, 0.15) is 5.69 Å². The van der Waals surface area contributed by atoms with E-state index in [9.17, 15) is 9.18 Å². The first-order valence-electron chi connectivity index (χ1n) is 6.35. The molecule has 0 fully saturated rings. The van der Waals surface area contributed by atoms with Crippen LogP contribution in [0.3, 0.4) is 0 Å². The summed E-state index contributed by atoms with van der Waals surface area (Å²) in [5.74, 6) is -1.20. The van der Waals surface area contributed by atoms with Gasteiger partial charge in [0.15, 0.2) is 5.82 Å². The predicted octanol–water partition coefficient (Wildman–Crippen LogP) is 3.04. The van der Waals surface area contributed by atoms with Gasteiger partial charge >= 0.3 is 5.97 Å². The van der Waals surface area contributed by atoms with Gasteiger partial charge in [0, 0.05) is 5.69 Å². The maximum Gasteiger partial charge on any atom is 0.340 e. The second kappa shape index (κ2) is 5.73. The molecule has 0 spiro atoms. The first-order chi connectivity index (χ1) is 9.86. The average molecular weight is 312 g/mol. The van der Waals surface area contributed by atoms with E-state index in [4.69, 9.17) is 22.1 Å². The Kier molecular flexibility index (Phi) is 4.18. The van der Waals surface area contributed by atoms with Crippen LogP contribution in [0.25, 0.3) is 5.69 Å². The SMILES string of the molecule is CCOC(=O)c1cc(-n2nc(C)c(Cl)c2C)c(F)cc1N. The summed E-state index contributed by atoms with van der Waals surface area (Å²) in [7, 11) is 0. The van der Waals surface area contributed by atoms with Crippen molar-refractivity contribution < 1.29 is 13.9 Å². The summed E-state index contributed by atoms with van der Waals surface area (Å²) in [6.07, 6.45) is 0. The predicted molar refractivity (Wildman–Crippen MR) is 78.4 cm³/mol. The number of carbonyl (C=O) groups is 1. The number of halogens is 2. The van der Waals surface area contributed by atoms with Gasteiger partial charge in [0.2, 0.25) is 0 Å². The molecule has 112 valence electrons. The van der Waals surface area contributed by atoms with Crippen LogP contribution in [0, 0.1) is 19.7 Å². The van der Waals surface area contributed by atoms with Crippen molar-refractivity contribution in [2.24, 2.45) is 0 Å². The molecular formula is C14H15ClFN3O2. The van der Waals surface area contributed by atoms with Crippen LogP contribution in [0.1, 0.15) is 28.7 Å². The average Bonchev–Trinajstić information content (AvgIpc) is 2.67. The third-order valence-corrected chi connectivity index (χ3v) is 3.59. The van der Waals surface area contributed by atoms with E-state index < -0.39 is 11.8 Å². The maximum absolute atomic E-state index is 14.2. The molecule has 2 aromatic rings. The Hall–Kier alpha value is -2.08. The van der Waals surface area contributed by atoms with Crippen molar-refractivity contribution in [3.8, 4) is 5.69 Å². The molecule has 21 heavy (non-hydrogen) atoms. The van der Waals surface area contributed by atoms with Crippen molar-refractivity contribution in [1.29, 1.82) is 0 Å². The fraction of sp³-hybridized carbons (Fsp3) is 0.286. The number of nitrogen functional groups attached to an aromatic ring is 1. The van der Waals surface area contributed by atoms with Crippen LogP contribution in [0.15, 0.2) is 12.1 Å². The van der Waals surface area contributed by atoms with Crippen LogP contribution in [0.4, 0.5) is 10.1 Å². The lowest BCUT2D eigenvalue weighted by molar-refractivity contribution is 0.0527. The number of rotatable bonds is 3. The zero-order chi connectivity index (χ0) is 15.7. The normalized spacial score (nSPS) is 10.7. The molecule has 2 rings (SSSR count). The van der Waals surface area contributed by atoms with Gasteiger partial charge in [0.25, 0.3) is 0 Å². The third kappa shape index (κ3) is 2.71. The highest BCUT2D eigenvalue weighted by Gasteiger charge is 2.19. The Balaban J connectivity index is 2.61. The van der Waals surface area contributed by atoms with Crippen LogP contribution in [-0.4, -0.2) is 22.4 Å². The topological polar surface area (TPSA) is 70.1 Å². The molecule has 0 atom stereocenters. The van der Waals surface area contributed by atoms with Crippen molar-refractivity contribution in [3.63, 3.8) is 0 Å². The standard InChI is InChI=1S/C14H15ClFN3O2/c1-4-21-14(20)9-5-12(10(16)6-11(9)17)19-8(3)13(15)7(2)18-19/h5-6H,4,17H2,1-3H3. The highest BCUT2D eigenvalue weighted by Crippen LogP contribution is 2.27. The molecule has 0 saturated carbocycles. The molecule has 0 amide bonds. The lowest BCUT2D eigenvalue weighted by Gasteiger charge is -2.11. The lowest BCUT2D eigenvalue weighted by atomic mass is 10.1. The number of aromatic nitrogens is 2. The van der Waals surface area contributed by atoms with Gasteiger partial charge in [-0.2, -0.15) is 5.10 Å². The van der Waals surface area contributed by atoms with Crippen LogP contribution in [0.5, 0.6) is 0 Å². The summed E-state index contributed by atoms with van der Waals surface area (Å²) >= 11 is 6.06. The molecule has 1 aromatic carbocycles. The van der Waals surface area contributed by atoms with Gasteiger partial charge in [-0.25, -0.2) is 13.9 Å². The van der Waals surface area contributed by atoms with Crippen LogP contribution in [-0.2, 0) is 4.74 Å². The van der Waals surface area contributed by atoms with Crippen molar-refractivity contribution in [3.05, 3.63) is 39.9 Å². The van der Waals surface area contributed by atoms with Crippen molar-refractivity contribution >= 4 is 23.3 Å². The lowest BCUT2D eigenvalue weighted by Crippen LogP contribution is -2.11. The van der Waals surface area contributed by atoms with Gasteiger partial charge in [-0.15, -0.1) is 0 Å². The second-order valence-electron chi connectivity index (χ2n) is 4.51. The Bertz CT molecular complexity index is 713. The zero-order valence-corrected chi connectivity index (χ0v) is 12.7. The van der Waals surface area contributed by atoms with Crippen molar-refractivity contribution in [1.82, 2.24) is 9.78 Å². The molecule has 0 bridgehead atoms. The summed E-state index contributed by atoms with van der Waals surface area (Å²) in [6.45, 7) is 5.31. The van der Waals surface area contributed by atoms with E-state index in [1.54, 1.807) is 20.8 Å². The van der Waals surface area contributed by atoms with E-state index >= 15 is 0 Å². The monoisotopic (exact) mass is 311 g/mol. The molecule has 0 saturated heterocycles. The van der Waals surface area contributed by atoms with Crippen molar-refractivity contribution in [2.45, 2.75) is 20.8 Å². The summed E-state index contributed by atoms with van der Waals surface area (Å²) in [5, 5.41) is 4.62. The zero-order valence-electron chi connectivity index (χ0n) is 11.9. The molecule has 7 heteroatoms. The Labute approximate surface area is 126 Å². The van der Waals surface area contributed by atoms with Crippen LogP contribution >= 0.6 is 11.6 Å². The molecule has 0 radical (unpaired) electrons. The smallest absolute Gasteiger partial charge is 0.340 e. The number of hydrogen-bond donors (Lipinski definition) is 1. The highest BCUT2D eigenvalue weighted by atomic mass is 35.5. The van der Waals surface area contributed by atoms with Gasteiger partial charge < -0.3 is 10.5 Å². The number of anilines is 1. The molecule has 0 aliphatic rings. The number of ether oxygens (including phenoxy) is 1. The van der Waals surface area contributed by atoms with Gasteiger partial charge in [-0.1, -0.05) is 11.6 Å². The first-order valence-corrected chi connectivity index (χ1v) is 6.72. The molecule has 0 aliphatic heterocycles. The third-order valence-electron chi connectivity index (χ3n) is 3.05. The quantitative estimate of drug-likeness (QED) is 0.698. The number of benzene rings is 1. The molecule has 2 N–H and O–H groups in total. The highest BCUT2D eigenvalue weighted by molar-refractivity contribution is 6.31. The van der Waals surface area contributed by atoms with E-state index in [-0.39, 0.29) is 23.5 Å². The van der Waals surface area contributed by atoms with E-state index in [0.717, 1.165) is 6.07 Å². The van der Waals surface area contributed by atoms with Crippen LogP contribution in [0.2, 0.25) is 5.02 Å². The molecule has 1 aromatic heterocycles. The molecule has 0 unspecified atom stereocenters. The second-order valence-corrected chi connectivity index (χ2v) is 4.89. The fourth-order valence-electron chi connectivity index (χ4n) is 1.98. The van der Waals surface area contributed by atoms with Crippen molar-refractivity contribution in [2.75, 3.05) is 12.3 Å². The van der Waals surface area contributed by atoms with E-state index in [0.29, 0.717) is 16.4 Å². The summed E-state index contributed by atoms with van der Waals surface area (Å²) in [4.78, 5) is 11.8. The molecule has 0 aliphatic carbocycles. The van der Waals surface area contributed by atoms with E-state index in [1.807, 2.05) is 0 Å². The Morgan fingerprint density at radius 1 is 1.48 bits per heavy atom. The minimum Gasteiger partial charge on any atom is -0.462 e. The number of carbonyl (C=O) groups excluding carboxylic acids is 1. The van der Waals surface area contributed by atoms with Crippen LogP contribution < -0.4 is 5.73 Å². The molecular weight excluding hydrogens is 297 g/mol. The molecule has 1 heterocycles. The minimum absolute atomic E-state index is 0.0160. The summed E-state index contributed by atoms with van der Waals surface area (Å²) in [5.41, 5.74) is 7.03. The largest absolute Gasteiger partial charge is 0.462 e. The van der Waals surface area contributed by atoms with E-state index in [2.05, 4.69) is 5.10 Å². The van der Waals surface area contributed by atoms with Gasteiger partial charge in [-0.05, 0) is 32.9 Å². The first kappa shape index (κ1) is 15.3. The number of nitrogens with zero attached hydrogens (tertiary/aromatic N) is 2. The summed E-state index contributed by atoms with van der Waals surface area (Å²) < 4.78 is 20.4. The minimum atomic E-state index is -0.608. The number of nitrogens with two attached hydrogens (primary N) is 1. The molecule has 5 nitrogen and oxygen atoms in total. The van der Waals surface area contributed by atoms with Gasteiger partial charge in [0.05, 0.1) is 28.6 Å². The number of hydrogen-bond acceptors (Lipinski definition) is 4. The number of aryl methyl sites for hydroxylation is 1. The number of esters is 1. The fourth-order valence-corrected chi connectivity index (χ4v) is 2.10. The Morgan fingerprint density at radius 3 is 2.67 bits per heavy atom. The maximum atomic E-state index is 14.2. The summed E-state index contributed by atoms with van der Waals surface area (Å²) in [6, 6.07) is 2.39. The Morgan fingerprint density at radius 2 is 2.14 bits per heavy atom. The van der Waals surface area contributed by atoms with E-state index in [1.165, 1.54) is 10.7 Å².